The average Bonchev–Trinajstić information content (AvgIpc) is 2.71. The highest BCUT2D eigenvalue weighted by Crippen LogP contribution is 2.29. The van der Waals surface area contributed by atoms with Crippen LogP contribution in [0.4, 0.5) is 19.0 Å². The lowest BCUT2D eigenvalue weighted by Crippen LogP contribution is -2.13. The van der Waals surface area contributed by atoms with Crippen LogP contribution in [0.15, 0.2) is 12.1 Å². The fourth-order valence-corrected chi connectivity index (χ4v) is 1.65. The number of nitrogen functional groups attached to an aromatic ring is 1. The van der Waals surface area contributed by atoms with E-state index in [2.05, 4.69) is 15.5 Å². The molecule has 98 valence electrons. The van der Waals surface area contributed by atoms with E-state index in [4.69, 9.17) is 5.84 Å². The maximum absolute atomic E-state index is 12.6. The summed E-state index contributed by atoms with van der Waals surface area (Å²) in [6, 6.07) is 2.49. The van der Waals surface area contributed by atoms with Crippen molar-refractivity contribution in [1.82, 2.24) is 14.6 Å². The summed E-state index contributed by atoms with van der Waals surface area (Å²) in [6.07, 6.45) is -2.99. The van der Waals surface area contributed by atoms with Gasteiger partial charge in [-0.25, -0.2) is 10.8 Å². The summed E-state index contributed by atoms with van der Waals surface area (Å²) in [5.74, 6) is 5.56. The molecule has 0 spiro atoms. The topological polar surface area (TPSA) is 68.2 Å². The van der Waals surface area contributed by atoms with Crippen molar-refractivity contribution in [3.8, 4) is 0 Å². The third-order valence-electron chi connectivity index (χ3n) is 2.42. The SMILES string of the molecule is CCCc1cc(NN)n2nc(C(F)(F)F)cc2n1. The van der Waals surface area contributed by atoms with Gasteiger partial charge >= 0.3 is 6.18 Å². The van der Waals surface area contributed by atoms with Gasteiger partial charge in [-0.15, -0.1) is 0 Å². The summed E-state index contributed by atoms with van der Waals surface area (Å²) in [6.45, 7) is 1.96. The normalized spacial score (nSPS) is 12.1. The van der Waals surface area contributed by atoms with E-state index in [1.165, 1.54) is 0 Å². The van der Waals surface area contributed by atoms with E-state index in [1.54, 1.807) is 6.07 Å². The van der Waals surface area contributed by atoms with Crippen molar-refractivity contribution in [2.75, 3.05) is 5.43 Å². The summed E-state index contributed by atoms with van der Waals surface area (Å²) < 4.78 is 38.7. The number of aryl methyl sites for hydroxylation is 1. The van der Waals surface area contributed by atoms with E-state index in [1.807, 2.05) is 6.92 Å². The minimum Gasteiger partial charge on any atom is -0.308 e. The third-order valence-corrected chi connectivity index (χ3v) is 2.42. The zero-order valence-electron chi connectivity index (χ0n) is 9.62. The van der Waals surface area contributed by atoms with Crippen molar-refractivity contribution in [1.29, 1.82) is 0 Å². The summed E-state index contributed by atoms with van der Waals surface area (Å²) in [4.78, 5) is 4.11. The zero-order chi connectivity index (χ0) is 13.3. The van der Waals surface area contributed by atoms with Gasteiger partial charge in [0.25, 0.3) is 0 Å². The molecule has 8 heteroatoms. The molecule has 5 nitrogen and oxygen atoms in total. The number of fused-ring (bicyclic) bond motifs is 1. The van der Waals surface area contributed by atoms with Crippen molar-refractivity contribution in [3.05, 3.63) is 23.5 Å². The monoisotopic (exact) mass is 259 g/mol. The Morgan fingerprint density at radius 2 is 2.11 bits per heavy atom. The van der Waals surface area contributed by atoms with Crippen LogP contribution in [-0.2, 0) is 12.6 Å². The number of alkyl halides is 3. The second kappa shape index (κ2) is 4.45. The number of hydrogen-bond donors (Lipinski definition) is 2. The van der Waals surface area contributed by atoms with Crippen LogP contribution in [0.3, 0.4) is 0 Å². The molecule has 0 aliphatic rings. The predicted molar refractivity (Wildman–Crippen MR) is 59.8 cm³/mol. The number of rotatable bonds is 3. The number of hydrazine groups is 1. The first-order valence-corrected chi connectivity index (χ1v) is 5.39. The summed E-state index contributed by atoms with van der Waals surface area (Å²) >= 11 is 0. The van der Waals surface area contributed by atoms with Gasteiger partial charge in [0.15, 0.2) is 11.3 Å². The number of nitrogens with zero attached hydrogens (tertiary/aromatic N) is 3. The largest absolute Gasteiger partial charge is 0.435 e. The molecule has 0 saturated heterocycles. The van der Waals surface area contributed by atoms with Gasteiger partial charge < -0.3 is 5.43 Å². The van der Waals surface area contributed by atoms with Gasteiger partial charge in [-0.05, 0) is 6.42 Å². The van der Waals surface area contributed by atoms with Gasteiger partial charge in [0, 0.05) is 17.8 Å². The lowest BCUT2D eigenvalue weighted by Gasteiger charge is -2.06. The molecule has 2 rings (SSSR count). The molecule has 0 aliphatic heterocycles. The van der Waals surface area contributed by atoms with Gasteiger partial charge in [-0.2, -0.15) is 22.8 Å². The highest BCUT2D eigenvalue weighted by molar-refractivity contribution is 5.50. The first-order chi connectivity index (χ1) is 8.45. The molecule has 0 saturated carbocycles. The first-order valence-electron chi connectivity index (χ1n) is 5.39. The molecular weight excluding hydrogens is 247 g/mol. The van der Waals surface area contributed by atoms with E-state index in [-0.39, 0.29) is 11.5 Å². The van der Waals surface area contributed by atoms with E-state index < -0.39 is 11.9 Å². The number of anilines is 1. The maximum Gasteiger partial charge on any atom is 0.435 e. The minimum absolute atomic E-state index is 0.126. The Bertz CT molecular complexity index is 560. The van der Waals surface area contributed by atoms with E-state index in [9.17, 15) is 13.2 Å². The van der Waals surface area contributed by atoms with E-state index in [0.29, 0.717) is 12.1 Å². The summed E-state index contributed by atoms with van der Waals surface area (Å²) in [5, 5.41) is 3.44. The molecule has 0 amide bonds. The Kier molecular flexibility index (Phi) is 3.12. The smallest absolute Gasteiger partial charge is 0.308 e. The standard InChI is InChI=1S/C10H12F3N5/c1-2-3-6-4-9(16-14)18-8(15-6)5-7(17-18)10(11,12)13/h4-5,16H,2-3,14H2,1H3. The Morgan fingerprint density at radius 1 is 1.39 bits per heavy atom. The molecule has 3 N–H and O–H groups in total. The molecular formula is C10H12F3N5. The molecule has 0 bridgehead atoms. The lowest BCUT2D eigenvalue weighted by molar-refractivity contribution is -0.141. The lowest BCUT2D eigenvalue weighted by atomic mass is 10.2. The van der Waals surface area contributed by atoms with Gasteiger partial charge in [0.05, 0.1) is 0 Å². The van der Waals surface area contributed by atoms with Gasteiger partial charge in [0.1, 0.15) is 5.82 Å². The zero-order valence-corrected chi connectivity index (χ0v) is 9.62. The molecule has 0 radical (unpaired) electrons. The Labute approximate surface area is 101 Å². The van der Waals surface area contributed by atoms with Crippen LogP contribution < -0.4 is 11.3 Å². The van der Waals surface area contributed by atoms with Crippen LogP contribution in [0, 0.1) is 0 Å². The van der Waals surface area contributed by atoms with Crippen molar-refractivity contribution in [3.63, 3.8) is 0 Å². The van der Waals surface area contributed by atoms with Crippen molar-refractivity contribution >= 4 is 11.5 Å². The van der Waals surface area contributed by atoms with Gasteiger partial charge in [-0.1, -0.05) is 13.3 Å². The Morgan fingerprint density at radius 3 is 2.67 bits per heavy atom. The van der Waals surface area contributed by atoms with Crippen LogP contribution >= 0.6 is 0 Å². The molecule has 0 unspecified atom stereocenters. The molecule has 0 atom stereocenters. The van der Waals surface area contributed by atoms with Gasteiger partial charge in [-0.3, -0.25) is 0 Å². The number of nitrogens with two attached hydrogens (primary N) is 1. The average molecular weight is 259 g/mol. The fourth-order valence-electron chi connectivity index (χ4n) is 1.65. The summed E-state index contributed by atoms with van der Waals surface area (Å²) in [5.41, 5.74) is 2.14. The van der Waals surface area contributed by atoms with Crippen LogP contribution in [0.1, 0.15) is 24.7 Å². The molecule has 2 aromatic rings. The molecule has 0 aromatic carbocycles. The van der Waals surface area contributed by atoms with Crippen molar-refractivity contribution in [2.45, 2.75) is 25.9 Å². The van der Waals surface area contributed by atoms with Crippen molar-refractivity contribution in [2.24, 2.45) is 5.84 Å². The molecule has 0 fully saturated rings. The minimum atomic E-state index is -4.50. The molecule has 2 aromatic heterocycles. The summed E-state index contributed by atoms with van der Waals surface area (Å²) in [7, 11) is 0. The van der Waals surface area contributed by atoms with E-state index in [0.717, 1.165) is 17.0 Å². The number of aromatic nitrogens is 3. The van der Waals surface area contributed by atoms with Crippen LogP contribution in [-0.4, -0.2) is 14.6 Å². The van der Waals surface area contributed by atoms with Crippen LogP contribution in [0.2, 0.25) is 0 Å². The number of hydrogen-bond acceptors (Lipinski definition) is 4. The highest BCUT2D eigenvalue weighted by atomic mass is 19.4. The van der Waals surface area contributed by atoms with Crippen molar-refractivity contribution < 1.29 is 13.2 Å². The number of nitrogens with one attached hydrogen (secondary N) is 1. The second-order valence-electron chi connectivity index (χ2n) is 3.82. The molecule has 0 aliphatic carbocycles. The fraction of sp³-hybridized carbons (Fsp3) is 0.400. The number of halogens is 3. The second-order valence-corrected chi connectivity index (χ2v) is 3.82. The predicted octanol–water partition coefficient (Wildman–Crippen LogP) is 1.99. The molecule has 2 heterocycles. The van der Waals surface area contributed by atoms with Crippen LogP contribution in [0.25, 0.3) is 5.65 Å². The quantitative estimate of drug-likeness (QED) is 0.653. The van der Waals surface area contributed by atoms with Crippen LogP contribution in [0.5, 0.6) is 0 Å². The first kappa shape index (κ1) is 12.6. The van der Waals surface area contributed by atoms with E-state index >= 15 is 0 Å². The third kappa shape index (κ3) is 2.23. The highest BCUT2D eigenvalue weighted by Gasteiger charge is 2.34. The maximum atomic E-state index is 12.6. The Hall–Kier alpha value is -1.83. The van der Waals surface area contributed by atoms with Gasteiger partial charge in [0.2, 0.25) is 0 Å². The molecule has 18 heavy (non-hydrogen) atoms. The Balaban J connectivity index is 2.60.